The quantitative estimate of drug-likeness (QED) is 0.881. The van der Waals surface area contributed by atoms with Crippen LogP contribution in [0.5, 0.6) is 5.75 Å². The van der Waals surface area contributed by atoms with Crippen molar-refractivity contribution in [3.05, 3.63) is 47.2 Å². The zero-order valence-corrected chi connectivity index (χ0v) is 15.2. The van der Waals surface area contributed by atoms with Crippen molar-refractivity contribution in [2.45, 2.75) is 19.8 Å². The number of nitrogens with zero attached hydrogens (tertiary/aromatic N) is 2. The van der Waals surface area contributed by atoms with Crippen molar-refractivity contribution in [3.63, 3.8) is 0 Å². The van der Waals surface area contributed by atoms with Crippen LogP contribution in [-0.4, -0.2) is 36.0 Å². The monoisotopic (exact) mass is 359 g/mol. The molecule has 0 radical (unpaired) electrons. The van der Waals surface area contributed by atoms with Crippen LogP contribution in [0.25, 0.3) is 0 Å². The van der Waals surface area contributed by atoms with Crippen LogP contribution in [-0.2, 0) is 0 Å². The Bertz CT molecular complexity index is 758. The van der Waals surface area contributed by atoms with Gasteiger partial charge in [-0.1, -0.05) is 18.5 Å². The van der Waals surface area contributed by atoms with Gasteiger partial charge in [-0.05, 0) is 49.1 Å². The molecule has 6 heteroatoms. The van der Waals surface area contributed by atoms with Crippen LogP contribution in [0.1, 0.15) is 30.3 Å². The van der Waals surface area contributed by atoms with Crippen molar-refractivity contribution < 1.29 is 9.53 Å². The Morgan fingerprint density at radius 2 is 1.96 bits per heavy atom. The lowest BCUT2D eigenvalue weighted by Crippen LogP contribution is -2.38. The number of likely N-dealkylation sites (tertiary alicyclic amines) is 1. The van der Waals surface area contributed by atoms with Crippen LogP contribution < -0.4 is 10.1 Å². The Balaban J connectivity index is 1.73. The number of rotatable bonds is 4. The maximum absolute atomic E-state index is 12.6. The molecule has 0 aliphatic carbocycles. The second kappa shape index (κ2) is 7.74. The summed E-state index contributed by atoms with van der Waals surface area (Å²) < 4.78 is 5.16. The minimum atomic E-state index is -0.0108. The molecule has 0 atom stereocenters. The molecule has 2 heterocycles. The first-order valence-corrected chi connectivity index (χ1v) is 8.80. The Morgan fingerprint density at radius 3 is 2.64 bits per heavy atom. The van der Waals surface area contributed by atoms with Gasteiger partial charge in [0.05, 0.1) is 12.1 Å². The molecule has 132 valence electrons. The van der Waals surface area contributed by atoms with Gasteiger partial charge in [0.15, 0.2) is 0 Å². The molecule has 0 spiro atoms. The summed E-state index contributed by atoms with van der Waals surface area (Å²) >= 11 is 6.15. The third-order valence-electron chi connectivity index (χ3n) is 4.49. The van der Waals surface area contributed by atoms with Gasteiger partial charge in [-0.15, -0.1) is 0 Å². The van der Waals surface area contributed by atoms with Crippen LogP contribution >= 0.6 is 11.6 Å². The molecule has 1 aromatic carbocycles. The summed E-state index contributed by atoms with van der Waals surface area (Å²) in [7, 11) is 1.58. The molecular formula is C19H22ClN3O2. The van der Waals surface area contributed by atoms with Crippen LogP contribution in [0.4, 0.5) is 11.4 Å². The second-order valence-corrected chi connectivity index (χ2v) is 6.79. The summed E-state index contributed by atoms with van der Waals surface area (Å²) in [6.07, 6.45) is 3.75. The number of methoxy groups -OCH3 is 1. The van der Waals surface area contributed by atoms with E-state index in [1.807, 2.05) is 17.0 Å². The first-order chi connectivity index (χ1) is 12.1. The van der Waals surface area contributed by atoms with E-state index in [2.05, 4.69) is 17.2 Å². The molecule has 1 aliphatic rings. The summed E-state index contributed by atoms with van der Waals surface area (Å²) in [6.45, 7) is 3.82. The van der Waals surface area contributed by atoms with Gasteiger partial charge in [0.1, 0.15) is 11.4 Å². The van der Waals surface area contributed by atoms with E-state index in [0.717, 1.165) is 37.3 Å². The fourth-order valence-electron chi connectivity index (χ4n) is 2.91. The molecule has 0 bridgehead atoms. The van der Waals surface area contributed by atoms with E-state index in [1.54, 1.807) is 31.5 Å². The highest BCUT2D eigenvalue weighted by atomic mass is 35.5. The van der Waals surface area contributed by atoms with Crippen molar-refractivity contribution in [2.75, 3.05) is 25.5 Å². The predicted octanol–water partition coefficient (Wildman–Crippen LogP) is 4.36. The lowest BCUT2D eigenvalue weighted by molar-refractivity contribution is 0.0691. The third-order valence-corrected chi connectivity index (χ3v) is 4.79. The summed E-state index contributed by atoms with van der Waals surface area (Å²) in [6, 6.07) is 9.06. The number of anilines is 2. The smallest absolute Gasteiger partial charge is 0.272 e. The Morgan fingerprint density at radius 1 is 1.24 bits per heavy atom. The predicted molar refractivity (Wildman–Crippen MR) is 99.8 cm³/mol. The minimum absolute atomic E-state index is 0.0108. The fourth-order valence-corrected chi connectivity index (χ4v) is 3.17. The van der Waals surface area contributed by atoms with E-state index < -0.39 is 0 Å². The second-order valence-electron chi connectivity index (χ2n) is 6.38. The number of ether oxygens (including phenoxy) is 1. The minimum Gasteiger partial charge on any atom is -0.495 e. The topological polar surface area (TPSA) is 54.5 Å². The van der Waals surface area contributed by atoms with Crippen LogP contribution in [0, 0.1) is 5.92 Å². The number of hydrogen-bond donors (Lipinski definition) is 1. The lowest BCUT2D eigenvalue weighted by Gasteiger charge is -2.30. The first-order valence-electron chi connectivity index (χ1n) is 8.42. The highest BCUT2D eigenvalue weighted by molar-refractivity contribution is 6.32. The van der Waals surface area contributed by atoms with Crippen LogP contribution in [0.3, 0.4) is 0 Å². The maximum atomic E-state index is 12.6. The Kier molecular flexibility index (Phi) is 5.43. The molecule has 0 saturated carbocycles. The number of pyridine rings is 1. The molecule has 2 aromatic rings. The van der Waals surface area contributed by atoms with Crippen molar-refractivity contribution >= 4 is 28.9 Å². The molecule has 5 nitrogen and oxygen atoms in total. The first kappa shape index (κ1) is 17.5. The van der Waals surface area contributed by atoms with E-state index in [-0.39, 0.29) is 5.91 Å². The van der Waals surface area contributed by atoms with Gasteiger partial charge < -0.3 is 15.0 Å². The lowest BCUT2D eigenvalue weighted by atomic mass is 9.99. The van der Waals surface area contributed by atoms with Crippen molar-refractivity contribution in [1.82, 2.24) is 9.88 Å². The zero-order valence-electron chi connectivity index (χ0n) is 14.5. The highest BCUT2D eigenvalue weighted by Crippen LogP contribution is 2.29. The molecular weight excluding hydrogens is 338 g/mol. The van der Waals surface area contributed by atoms with Crippen molar-refractivity contribution in [1.29, 1.82) is 0 Å². The molecule has 1 aromatic heterocycles. The molecule has 1 saturated heterocycles. The molecule has 25 heavy (non-hydrogen) atoms. The number of aromatic nitrogens is 1. The SMILES string of the molecule is COc1ccc(Nc2ccnc(C(=O)N3CCC(C)CC3)c2)cc1Cl. The number of nitrogens with one attached hydrogen (secondary N) is 1. The fraction of sp³-hybridized carbons (Fsp3) is 0.368. The summed E-state index contributed by atoms with van der Waals surface area (Å²) in [4.78, 5) is 18.8. The highest BCUT2D eigenvalue weighted by Gasteiger charge is 2.22. The summed E-state index contributed by atoms with van der Waals surface area (Å²) in [5, 5.41) is 3.78. The number of hydrogen-bond acceptors (Lipinski definition) is 4. The van der Waals surface area contributed by atoms with E-state index >= 15 is 0 Å². The molecule has 1 fully saturated rings. The number of carbonyl (C=O) groups is 1. The van der Waals surface area contributed by atoms with Gasteiger partial charge >= 0.3 is 0 Å². The Hall–Kier alpha value is -2.27. The molecule has 0 unspecified atom stereocenters. The van der Waals surface area contributed by atoms with Gasteiger partial charge in [-0.2, -0.15) is 0 Å². The number of amides is 1. The summed E-state index contributed by atoms with van der Waals surface area (Å²) in [5.41, 5.74) is 2.08. The third kappa shape index (κ3) is 4.23. The normalized spacial score (nSPS) is 15.1. The van der Waals surface area contributed by atoms with Gasteiger partial charge in [0.25, 0.3) is 5.91 Å². The average molecular weight is 360 g/mol. The Labute approximate surface area is 153 Å². The van der Waals surface area contributed by atoms with E-state index in [0.29, 0.717) is 22.4 Å². The van der Waals surface area contributed by atoms with Gasteiger partial charge in [0, 0.05) is 30.7 Å². The molecule has 1 N–H and O–H groups in total. The molecule has 1 amide bonds. The average Bonchev–Trinajstić information content (AvgIpc) is 2.62. The number of carbonyl (C=O) groups excluding carboxylic acids is 1. The van der Waals surface area contributed by atoms with E-state index in [4.69, 9.17) is 16.3 Å². The van der Waals surface area contributed by atoms with Gasteiger partial charge in [-0.3, -0.25) is 9.78 Å². The number of benzene rings is 1. The maximum Gasteiger partial charge on any atom is 0.272 e. The van der Waals surface area contributed by atoms with Crippen LogP contribution in [0.15, 0.2) is 36.5 Å². The number of halogens is 1. The largest absolute Gasteiger partial charge is 0.495 e. The molecule has 3 rings (SSSR count). The molecule has 1 aliphatic heterocycles. The van der Waals surface area contributed by atoms with E-state index in [1.165, 1.54) is 0 Å². The van der Waals surface area contributed by atoms with E-state index in [9.17, 15) is 4.79 Å². The number of piperidine rings is 1. The van der Waals surface area contributed by atoms with Crippen molar-refractivity contribution in [3.8, 4) is 5.75 Å². The van der Waals surface area contributed by atoms with Crippen LogP contribution in [0.2, 0.25) is 5.02 Å². The summed E-state index contributed by atoms with van der Waals surface area (Å²) in [5.74, 6) is 1.30. The van der Waals surface area contributed by atoms with Gasteiger partial charge in [0.2, 0.25) is 0 Å². The standard InChI is InChI=1S/C19H22ClN3O2/c1-13-6-9-23(10-7-13)19(24)17-12-15(5-8-21-17)22-14-3-4-18(25-2)16(20)11-14/h3-5,8,11-13H,6-7,9-10H2,1-2H3,(H,21,22). The zero-order chi connectivity index (χ0) is 17.8. The van der Waals surface area contributed by atoms with Crippen molar-refractivity contribution in [2.24, 2.45) is 5.92 Å². The van der Waals surface area contributed by atoms with Gasteiger partial charge in [-0.25, -0.2) is 0 Å².